The fraction of sp³-hybridized carbons (Fsp3) is 0.833. The molecular weight excluding hydrogens is 188 g/mol. The maximum atomic E-state index is 5.96. The van der Waals surface area contributed by atoms with Gasteiger partial charge >= 0.3 is 0 Å². The van der Waals surface area contributed by atoms with Crippen molar-refractivity contribution >= 4 is 0 Å². The SMILES string of the molecule is CCC/C(=C1/OCCCN1N)C(C)(C)C. The number of hydrogen-bond acceptors (Lipinski definition) is 3. The van der Waals surface area contributed by atoms with Gasteiger partial charge in [0.15, 0.2) is 0 Å². The van der Waals surface area contributed by atoms with Gasteiger partial charge in [-0.15, -0.1) is 0 Å². The third kappa shape index (κ3) is 3.13. The van der Waals surface area contributed by atoms with Gasteiger partial charge in [-0.05, 0) is 17.4 Å². The van der Waals surface area contributed by atoms with Crippen LogP contribution in [0.15, 0.2) is 11.5 Å². The predicted octanol–water partition coefficient (Wildman–Crippen LogP) is 2.64. The summed E-state index contributed by atoms with van der Waals surface area (Å²) in [5, 5.41) is 1.76. The molecule has 0 unspecified atom stereocenters. The van der Waals surface area contributed by atoms with Crippen molar-refractivity contribution in [1.29, 1.82) is 0 Å². The normalized spacial score (nSPS) is 21.3. The van der Waals surface area contributed by atoms with E-state index in [1.807, 2.05) is 0 Å². The highest BCUT2D eigenvalue weighted by Crippen LogP contribution is 2.33. The first-order valence-electron chi connectivity index (χ1n) is 5.85. The second-order valence-corrected chi connectivity index (χ2v) is 5.18. The van der Waals surface area contributed by atoms with Gasteiger partial charge in [-0.2, -0.15) is 0 Å². The fourth-order valence-corrected chi connectivity index (χ4v) is 1.90. The van der Waals surface area contributed by atoms with Gasteiger partial charge in [0.25, 0.3) is 0 Å². The number of nitrogens with two attached hydrogens (primary N) is 1. The molecule has 0 amide bonds. The molecule has 0 spiro atoms. The minimum Gasteiger partial charge on any atom is -0.478 e. The molecule has 1 aliphatic heterocycles. The summed E-state index contributed by atoms with van der Waals surface area (Å²) in [6, 6.07) is 0. The van der Waals surface area contributed by atoms with E-state index in [2.05, 4.69) is 27.7 Å². The third-order valence-electron chi connectivity index (χ3n) is 2.71. The lowest BCUT2D eigenvalue weighted by atomic mass is 9.84. The number of ether oxygens (including phenoxy) is 1. The molecule has 0 aromatic heterocycles. The van der Waals surface area contributed by atoms with Gasteiger partial charge in [0, 0.05) is 13.0 Å². The van der Waals surface area contributed by atoms with E-state index in [-0.39, 0.29) is 5.41 Å². The molecule has 1 heterocycles. The van der Waals surface area contributed by atoms with E-state index in [4.69, 9.17) is 10.6 Å². The minimum absolute atomic E-state index is 0.139. The van der Waals surface area contributed by atoms with Crippen LogP contribution < -0.4 is 5.84 Å². The van der Waals surface area contributed by atoms with Gasteiger partial charge in [-0.3, -0.25) is 5.01 Å². The topological polar surface area (TPSA) is 38.5 Å². The van der Waals surface area contributed by atoms with Crippen LogP contribution >= 0.6 is 0 Å². The number of hydrazine groups is 1. The first kappa shape index (κ1) is 12.4. The summed E-state index contributed by atoms with van der Waals surface area (Å²) in [4.78, 5) is 0. The summed E-state index contributed by atoms with van der Waals surface area (Å²) >= 11 is 0. The van der Waals surface area contributed by atoms with Gasteiger partial charge in [-0.1, -0.05) is 34.1 Å². The summed E-state index contributed by atoms with van der Waals surface area (Å²) in [6.07, 6.45) is 3.21. The zero-order valence-electron chi connectivity index (χ0n) is 10.5. The van der Waals surface area contributed by atoms with Gasteiger partial charge < -0.3 is 4.74 Å². The highest BCUT2D eigenvalue weighted by molar-refractivity contribution is 5.15. The molecule has 3 nitrogen and oxygen atoms in total. The van der Waals surface area contributed by atoms with Crippen molar-refractivity contribution in [3.8, 4) is 0 Å². The van der Waals surface area contributed by atoms with Crippen molar-refractivity contribution in [2.75, 3.05) is 13.2 Å². The first-order valence-corrected chi connectivity index (χ1v) is 5.85. The lowest BCUT2D eigenvalue weighted by molar-refractivity contribution is 0.0556. The molecule has 2 N–H and O–H groups in total. The highest BCUT2D eigenvalue weighted by atomic mass is 16.5. The molecule has 15 heavy (non-hydrogen) atoms. The maximum Gasteiger partial charge on any atom is 0.203 e. The van der Waals surface area contributed by atoms with E-state index in [9.17, 15) is 0 Å². The number of hydrogen-bond donors (Lipinski definition) is 1. The summed E-state index contributed by atoms with van der Waals surface area (Å²) in [6.45, 7) is 10.5. The van der Waals surface area contributed by atoms with E-state index in [1.54, 1.807) is 5.01 Å². The Labute approximate surface area is 93.2 Å². The standard InChI is InChI=1S/C12H24N2O/c1-5-7-10(12(2,3)4)11-14(13)8-6-9-15-11/h5-9,13H2,1-4H3/b11-10-. The van der Waals surface area contributed by atoms with Gasteiger partial charge in [0.05, 0.1) is 6.61 Å². The summed E-state index contributed by atoms with van der Waals surface area (Å²) < 4.78 is 5.71. The fourth-order valence-electron chi connectivity index (χ4n) is 1.90. The highest BCUT2D eigenvalue weighted by Gasteiger charge is 2.25. The van der Waals surface area contributed by atoms with Gasteiger partial charge in [0.1, 0.15) is 0 Å². The zero-order valence-corrected chi connectivity index (χ0v) is 10.5. The van der Waals surface area contributed by atoms with E-state index >= 15 is 0 Å². The van der Waals surface area contributed by atoms with Crippen LogP contribution in [-0.4, -0.2) is 18.2 Å². The van der Waals surface area contributed by atoms with E-state index in [0.717, 1.165) is 38.3 Å². The van der Waals surface area contributed by atoms with Crippen molar-refractivity contribution in [1.82, 2.24) is 5.01 Å². The summed E-state index contributed by atoms with van der Waals surface area (Å²) in [7, 11) is 0. The molecule has 0 aromatic rings. The molecule has 1 rings (SSSR count). The van der Waals surface area contributed by atoms with Crippen molar-refractivity contribution in [2.24, 2.45) is 11.3 Å². The average molecular weight is 212 g/mol. The molecule has 1 fully saturated rings. The molecule has 88 valence electrons. The van der Waals surface area contributed by atoms with Crippen molar-refractivity contribution in [2.45, 2.75) is 47.0 Å². The molecule has 0 radical (unpaired) electrons. The summed E-state index contributed by atoms with van der Waals surface area (Å²) in [5.74, 6) is 6.87. The molecule has 0 saturated carbocycles. The maximum absolute atomic E-state index is 5.96. The number of rotatable bonds is 2. The molecule has 0 aliphatic carbocycles. The van der Waals surface area contributed by atoms with Crippen molar-refractivity contribution in [3.63, 3.8) is 0 Å². The number of allylic oxidation sites excluding steroid dienone is 1. The quantitative estimate of drug-likeness (QED) is 0.715. The zero-order chi connectivity index (χ0) is 11.5. The monoisotopic (exact) mass is 212 g/mol. The Hall–Kier alpha value is -0.700. The van der Waals surface area contributed by atoms with Crippen LogP contribution in [0.4, 0.5) is 0 Å². The second kappa shape index (κ2) is 4.88. The first-order chi connectivity index (χ1) is 6.96. The van der Waals surface area contributed by atoms with Crippen LogP contribution in [0, 0.1) is 5.41 Å². The largest absolute Gasteiger partial charge is 0.478 e. The Morgan fingerprint density at radius 1 is 1.47 bits per heavy atom. The minimum atomic E-state index is 0.139. The van der Waals surface area contributed by atoms with E-state index in [1.165, 1.54) is 5.57 Å². The average Bonchev–Trinajstić information content (AvgIpc) is 2.14. The predicted molar refractivity (Wildman–Crippen MR) is 62.9 cm³/mol. The molecule has 3 heteroatoms. The van der Waals surface area contributed by atoms with Crippen LogP contribution in [0.25, 0.3) is 0 Å². The van der Waals surface area contributed by atoms with Crippen LogP contribution in [0.1, 0.15) is 47.0 Å². The van der Waals surface area contributed by atoms with Crippen LogP contribution in [0.2, 0.25) is 0 Å². The Morgan fingerprint density at radius 3 is 2.60 bits per heavy atom. The lowest BCUT2D eigenvalue weighted by Crippen LogP contribution is -2.39. The molecular formula is C12H24N2O. The van der Waals surface area contributed by atoms with Crippen molar-refractivity contribution in [3.05, 3.63) is 11.5 Å². The Kier molecular flexibility index (Phi) is 4.03. The van der Waals surface area contributed by atoms with Gasteiger partial charge in [-0.25, -0.2) is 5.84 Å². The third-order valence-corrected chi connectivity index (χ3v) is 2.71. The molecule has 1 aliphatic rings. The van der Waals surface area contributed by atoms with Crippen molar-refractivity contribution < 1.29 is 4.74 Å². The second-order valence-electron chi connectivity index (χ2n) is 5.18. The molecule has 1 saturated heterocycles. The van der Waals surface area contributed by atoms with E-state index < -0.39 is 0 Å². The van der Waals surface area contributed by atoms with Crippen LogP contribution in [-0.2, 0) is 4.74 Å². The smallest absolute Gasteiger partial charge is 0.203 e. The lowest BCUT2D eigenvalue weighted by Gasteiger charge is -2.34. The van der Waals surface area contributed by atoms with E-state index in [0.29, 0.717) is 0 Å². The Morgan fingerprint density at radius 2 is 2.13 bits per heavy atom. The van der Waals surface area contributed by atoms with Gasteiger partial charge in [0.2, 0.25) is 5.88 Å². The Bertz CT molecular complexity index is 240. The molecule has 0 bridgehead atoms. The van der Waals surface area contributed by atoms with Crippen LogP contribution in [0.3, 0.4) is 0 Å². The molecule has 0 atom stereocenters. The Balaban J connectivity index is 2.96. The summed E-state index contributed by atoms with van der Waals surface area (Å²) in [5.41, 5.74) is 1.48. The molecule has 0 aromatic carbocycles. The van der Waals surface area contributed by atoms with Crippen LogP contribution in [0.5, 0.6) is 0 Å². The number of nitrogens with zero attached hydrogens (tertiary/aromatic N) is 1.